The highest BCUT2D eigenvalue weighted by atomic mass is 32.1. The van der Waals surface area contributed by atoms with Gasteiger partial charge in [-0.2, -0.15) is 0 Å². The van der Waals surface area contributed by atoms with Gasteiger partial charge in [0.2, 0.25) is 0 Å². The number of nitrogens with one attached hydrogen (secondary N) is 2. The van der Waals surface area contributed by atoms with Crippen LogP contribution in [0.2, 0.25) is 0 Å². The van der Waals surface area contributed by atoms with Gasteiger partial charge in [-0.25, -0.2) is 0 Å². The second-order valence-corrected chi connectivity index (χ2v) is 7.27. The molecule has 0 fully saturated rings. The van der Waals surface area contributed by atoms with Crippen LogP contribution in [0.4, 0.5) is 17.1 Å². The highest BCUT2D eigenvalue weighted by Gasteiger charge is 2.13. The molecule has 0 saturated carbocycles. The predicted molar refractivity (Wildman–Crippen MR) is 124 cm³/mol. The summed E-state index contributed by atoms with van der Waals surface area (Å²) in [5.74, 6) is 0.535. The molecule has 148 valence electrons. The zero-order valence-electron chi connectivity index (χ0n) is 16.4. The molecule has 0 bridgehead atoms. The van der Waals surface area contributed by atoms with E-state index in [-0.39, 0.29) is 10.6 Å². The van der Waals surface area contributed by atoms with E-state index < -0.39 is 0 Å². The van der Waals surface area contributed by atoms with Gasteiger partial charge < -0.3 is 10.6 Å². The maximum Gasteiger partial charge on any atom is 0.277 e. The summed E-state index contributed by atoms with van der Waals surface area (Å²) in [7, 11) is 0. The van der Waals surface area contributed by atoms with Gasteiger partial charge in [0.05, 0.1) is 10.5 Å². The van der Waals surface area contributed by atoms with Gasteiger partial charge in [0, 0.05) is 17.4 Å². The van der Waals surface area contributed by atoms with E-state index in [1.54, 1.807) is 18.2 Å². The second kappa shape index (κ2) is 9.30. The quantitative estimate of drug-likeness (QED) is 0.275. The lowest BCUT2D eigenvalue weighted by atomic mass is 9.99. The Balaban J connectivity index is 1.65. The summed E-state index contributed by atoms with van der Waals surface area (Å²) in [6.07, 6.45) is 1.11. The van der Waals surface area contributed by atoms with E-state index in [9.17, 15) is 10.1 Å². The first-order valence-corrected chi connectivity index (χ1v) is 9.90. The molecule has 0 spiro atoms. The molecule has 2 N–H and O–H groups in total. The number of rotatable bonds is 6. The predicted octanol–water partition coefficient (Wildman–Crippen LogP) is 6.58. The number of thiocarbonyl (C=S) groups is 1. The lowest BCUT2D eigenvalue weighted by Gasteiger charge is -2.13. The Morgan fingerprint density at radius 2 is 1.52 bits per heavy atom. The number of hydrogen-bond acceptors (Lipinski definition) is 3. The Morgan fingerprint density at radius 3 is 2.07 bits per heavy atom. The van der Waals surface area contributed by atoms with Gasteiger partial charge in [0.15, 0.2) is 5.11 Å². The third-order valence-corrected chi connectivity index (χ3v) is 5.11. The van der Waals surface area contributed by atoms with E-state index in [1.807, 2.05) is 36.4 Å². The summed E-state index contributed by atoms with van der Waals surface area (Å²) in [5.41, 5.74) is 4.49. The third kappa shape index (κ3) is 5.18. The molecule has 6 heteroatoms. The maximum absolute atomic E-state index is 11.2. The number of anilines is 2. The SMILES string of the molecule is CCC(C)c1ccc(NC(=S)Nc2ccc(-c3ccccc3[N+](=O)[O-])cc2)cc1. The van der Waals surface area contributed by atoms with Gasteiger partial charge in [0.1, 0.15) is 0 Å². The fourth-order valence-corrected chi connectivity index (χ4v) is 3.27. The highest BCUT2D eigenvalue weighted by molar-refractivity contribution is 7.80. The molecule has 0 aliphatic heterocycles. The third-order valence-electron chi connectivity index (χ3n) is 4.90. The minimum atomic E-state index is -0.368. The number of nitro groups is 1. The Morgan fingerprint density at radius 1 is 0.966 bits per heavy atom. The largest absolute Gasteiger partial charge is 0.332 e. The lowest BCUT2D eigenvalue weighted by Crippen LogP contribution is -2.18. The van der Waals surface area contributed by atoms with Crippen molar-refractivity contribution in [2.75, 3.05) is 10.6 Å². The van der Waals surface area contributed by atoms with Crippen LogP contribution in [-0.4, -0.2) is 10.0 Å². The van der Waals surface area contributed by atoms with Crippen LogP contribution in [0.5, 0.6) is 0 Å². The van der Waals surface area contributed by atoms with E-state index in [0.29, 0.717) is 16.6 Å². The summed E-state index contributed by atoms with van der Waals surface area (Å²) in [5, 5.41) is 18.0. The number of benzene rings is 3. The van der Waals surface area contributed by atoms with Crippen LogP contribution in [0.15, 0.2) is 72.8 Å². The van der Waals surface area contributed by atoms with E-state index in [2.05, 4.69) is 36.6 Å². The van der Waals surface area contributed by atoms with Gasteiger partial charge in [-0.05, 0) is 66.0 Å². The number of nitrogens with zero attached hydrogens (tertiary/aromatic N) is 1. The molecular formula is C23H23N3O2S. The fourth-order valence-electron chi connectivity index (χ4n) is 3.03. The normalized spacial score (nSPS) is 11.5. The first kappa shape index (κ1) is 20.5. The van der Waals surface area contributed by atoms with E-state index in [1.165, 1.54) is 11.6 Å². The molecular weight excluding hydrogens is 382 g/mol. The van der Waals surface area contributed by atoms with Gasteiger partial charge in [0.25, 0.3) is 5.69 Å². The molecule has 0 aliphatic rings. The lowest BCUT2D eigenvalue weighted by molar-refractivity contribution is -0.384. The molecule has 1 unspecified atom stereocenters. The van der Waals surface area contributed by atoms with Gasteiger partial charge in [-0.3, -0.25) is 10.1 Å². The monoisotopic (exact) mass is 405 g/mol. The van der Waals surface area contributed by atoms with Crippen LogP contribution in [0, 0.1) is 10.1 Å². The van der Waals surface area contributed by atoms with Gasteiger partial charge in [-0.15, -0.1) is 0 Å². The molecule has 0 heterocycles. The van der Waals surface area contributed by atoms with Crippen LogP contribution >= 0.6 is 12.2 Å². The van der Waals surface area contributed by atoms with E-state index >= 15 is 0 Å². The van der Waals surface area contributed by atoms with E-state index in [0.717, 1.165) is 23.4 Å². The van der Waals surface area contributed by atoms with Gasteiger partial charge >= 0.3 is 0 Å². The second-order valence-electron chi connectivity index (χ2n) is 6.86. The Hall–Kier alpha value is -3.25. The molecule has 0 saturated heterocycles. The van der Waals surface area contributed by atoms with Crippen molar-refractivity contribution in [1.82, 2.24) is 0 Å². The molecule has 3 rings (SSSR count). The molecule has 0 aliphatic carbocycles. The van der Waals surface area contributed by atoms with Crippen LogP contribution < -0.4 is 10.6 Å². The summed E-state index contributed by atoms with van der Waals surface area (Å²) >= 11 is 5.40. The number of hydrogen-bond donors (Lipinski definition) is 2. The molecule has 0 amide bonds. The zero-order valence-corrected chi connectivity index (χ0v) is 17.2. The van der Waals surface area contributed by atoms with Crippen molar-refractivity contribution in [2.24, 2.45) is 0 Å². The minimum absolute atomic E-state index is 0.0891. The van der Waals surface area contributed by atoms with Crippen molar-refractivity contribution in [3.05, 3.63) is 88.5 Å². The van der Waals surface area contributed by atoms with Crippen molar-refractivity contribution in [2.45, 2.75) is 26.2 Å². The first-order chi connectivity index (χ1) is 14.0. The summed E-state index contributed by atoms with van der Waals surface area (Å²) < 4.78 is 0. The van der Waals surface area contributed by atoms with Crippen LogP contribution in [0.25, 0.3) is 11.1 Å². The highest BCUT2D eigenvalue weighted by Crippen LogP contribution is 2.30. The average Bonchev–Trinajstić information content (AvgIpc) is 2.74. The molecule has 3 aromatic carbocycles. The first-order valence-electron chi connectivity index (χ1n) is 9.49. The van der Waals surface area contributed by atoms with Crippen molar-refractivity contribution in [1.29, 1.82) is 0 Å². The maximum atomic E-state index is 11.2. The van der Waals surface area contributed by atoms with Crippen LogP contribution in [-0.2, 0) is 0 Å². The number of nitro benzene ring substituents is 1. The van der Waals surface area contributed by atoms with Crippen LogP contribution in [0.3, 0.4) is 0 Å². The standard InChI is InChI=1S/C23H23N3O2S/c1-3-16(2)17-8-12-19(13-9-17)24-23(29)25-20-14-10-18(11-15-20)21-6-4-5-7-22(21)26(27)28/h4-16H,3H2,1-2H3,(H2,24,25,29). The van der Waals surface area contributed by atoms with Gasteiger partial charge in [-0.1, -0.05) is 50.2 Å². The molecule has 0 radical (unpaired) electrons. The Kier molecular flexibility index (Phi) is 6.57. The Labute approximate surface area is 175 Å². The summed E-state index contributed by atoms with van der Waals surface area (Å²) in [6.45, 7) is 4.39. The van der Waals surface area contributed by atoms with Crippen molar-refractivity contribution in [3.8, 4) is 11.1 Å². The van der Waals surface area contributed by atoms with Crippen molar-refractivity contribution in [3.63, 3.8) is 0 Å². The van der Waals surface area contributed by atoms with Crippen molar-refractivity contribution >= 4 is 34.4 Å². The summed E-state index contributed by atoms with van der Waals surface area (Å²) in [4.78, 5) is 10.9. The molecule has 5 nitrogen and oxygen atoms in total. The molecule has 3 aromatic rings. The van der Waals surface area contributed by atoms with Crippen LogP contribution in [0.1, 0.15) is 31.7 Å². The smallest absolute Gasteiger partial charge is 0.277 e. The van der Waals surface area contributed by atoms with E-state index in [4.69, 9.17) is 12.2 Å². The Bertz CT molecular complexity index is 1000. The average molecular weight is 406 g/mol. The molecule has 29 heavy (non-hydrogen) atoms. The zero-order chi connectivity index (χ0) is 20.8. The minimum Gasteiger partial charge on any atom is -0.332 e. The number of para-hydroxylation sites is 1. The topological polar surface area (TPSA) is 67.2 Å². The molecule has 1 atom stereocenters. The molecule has 0 aromatic heterocycles. The fraction of sp³-hybridized carbons (Fsp3) is 0.174. The van der Waals surface area contributed by atoms with Crippen molar-refractivity contribution < 1.29 is 4.92 Å². The summed E-state index contributed by atoms with van der Waals surface area (Å²) in [6, 6.07) is 22.4.